The van der Waals surface area contributed by atoms with Crippen molar-refractivity contribution in [2.24, 2.45) is 0 Å². The predicted molar refractivity (Wildman–Crippen MR) is 87.8 cm³/mol. The van der Waals surface area contributed by atoms with Crippen molar-refractivity contribution < 1.29 is 4.21 Å². The summed E-state index contributed by atoms with van der Waals surface area (Å²) in [6.07, 6.45) is 2.04. The maximum Gasteiger partial charge on any atom is 0.0591 e. The molecule has 0 saturated carbocycles. The summed E-state index contributed by atoms with van der Waals surface area (Å²) in [7, 11) is -0.594. The molecule has 0 unspecified atom stereocenters. The van der Waals surface area contributed by atoms with Crippen molar-refractivity contribution in [3.63, 3.8) is 0 Å². The third kappa shape index (κ3) is 2.34. The van der Waals surface area contributed by atoms with E-state index in [4.69, 9.17) is 0 Å². The molecule has 0 aromatic heterocycles. The van der Waals surface area contributed by atoms with E-state index < -0.39 is 10.8 Å². The maximum absolute atomic E-state index is 11.5. The van der Waals surface area contributed by atoms with Gasteiger partial charge >= 0.3 is 0 Å². The van der Waals surface area contributed by atoms with Gasteiger partial charge in [0.1, 0.15) is 0 Å². The van der Waals surface area contributed by atoms with Gasteiger partial charge in [-0.05, 0) is 35.1 Å². The number of nitrogens with one attached hydrogen (secondary N) is 1. The fourth-order valence-electron chi connectivity index (χ4n) is 3.53. The molecular formula is C18H19NOS. The molecule has 0 atom stereocenters. The van der Waals surface area contributed by atoms with Crippen molar-refractivity contribution in [2.45, 2.75) is 24.9 Å². The minimum Gasteiger partial charge on any atom is -0.303 e. The Kier molecular flexibility index (Phi) is 3.40. The minimum absolute atomic E-state index is 0.286. The molecule has 21 heavy (non-hydrogen) atoms. The van der Waals surface area contributed by atoms with Crippen LogP contribution in [0.2, 0.25) is 0 Å². The van der Waals surface area contributed by atoms with E-state index in [0.29, 0.717) is 6.04 Å². The van der Waals surface area contributed by atoms with Gasteiger partial charge in [0.05, 0.1) is 6.04 Å². The molecule has 1 fully saturated rings. The monoisotopic (exact) mass is 297 g/mol. The van der Waals surface area contributed by atoms with Gasteiger partial charge in [-0.15, -0.1) is 0 Å². The molecule has 0 radical (unpaired) electrons. The second-order valence-corrected chi connectivity index (χ2v) is 7.59. The summed E-state index contributed by atoms with van der Waals surface area (Å²) in [4.78, 5) is 0. The zero-order valence-electron chi connectivity index (χ0n) is 11.9. The van der Waals surface area contributed by atoms with Gasteiger partial charge in [-0.3, -0.25) is 4.21 Å². The SMILES string of the molecule is O=S1CCC(NC2c3ccccc3-c3ccccc32)CC1. The highest BCUT2D eigenvalue weighted by atomic mass is 32.2. The molecule has 1 saturated heterocycles. The van der Waals surface area contributed by atoms with E-state index in [1.54, 1.807) is 0 Å². The summed E-state index contributed by atoms with van der Waals surface area (Å²) < 4.78 is 11.5. The second kappa shape index (κ2) is 5.39. The van der Waals surface area contributed by atoms with Crippen LogP contribution in [0.25, 0.3) is 11.1 Å². The van der Waals surface area contributed by atoms with E-state index in [1.165, 1.54) is 22.3 Å². The number of hydrogen-bond donors (Lipinski definition) is 1. The number of fused-ring (bicyclic) bond motifs is 3. The lowest BCUT2D eigenvalue weighted by Gasteiger charge is -2.27. The standard InChI is InChI=1S/C18H19NOS/c20-21-11-9-13(10-12-21)19-18-16-7-3-1-5-14(16)15-6-2-4-8-17(15)18/h1-8,13,18-19H,9-12H2. The first-order valence-electron chi connectivity index (χ1n) is 7.62. The average molecular weight is 297 g/mol. The van der Waals surface area contributed by atoms with Crippen LogP contribution in [-0.2, 0) is 10.8 Å². The van der Waals surface area contributed by atoms with Gasteiger partial charge in [0, 0.05) is 28.3 Å². The second-order valence-electron chi connectivity index (χ2n) is 5.90. The Morgan fingerprint density at radius 2 is 1.38 bits per heavy atom. The molecule has 1 aliphatic heterocycles. The van der Waals surface area contributed by atoms with Crippen molar-refractivity contribution >= 4 is 10.8 Å². The van der Waals surface area contributed by atoms with Crippen molar-refractivity contribution in [3.8, 4) is 11.1 Å². The van der Waals surface area contributed by atoms with Crippen LogP contribution in [0.1, 0.15) is 30.0 Å². The Labute approximate surface area is 128 Å². The fraction of sp³-hybridized carbons (Fsp3) is 0.333. The summed E-state index contributed by atoms with van der Waals surface area (Å²) in [5.74, 6) is 1.68. The number of benzene rings is 2. The maximum atomic E-state index is 11.5. The van der Waals surface area contributed by atoms with E-state index in [2.05, 4.69) is 53.8 Å². The smallest absolute Gasteiger partial charge is 0.0591 e. The number of hydrogen-bond acceptors (Lipinski definition) is 2. The summed E-state index contributed by atoms with van der Waals surface area (Å²) in [5, 5.41) is 3.82. The lowest BCUT2D eigenvalue weighted by atomic mass is 10.0. The van der Waals surface area contributed by atoms with E-state index in [-0.39, 0.29) is 6.04 Å². The van der Waals surface area contributed by atoms with Crippen LogP contribution >= 0.6 is 0 Å². The van der Waals surface area contributed by atoms with Gasteiger partial charge in [0.15, 0.2) is 0 Å². The Bertz CT molecular complexity index is 642. The molecule has 2 nitrogen and oxygen atoms in total. The van der Waals surface area contributed by atoms with Crippen LogP contribution in [0, 0.1) is 0 Å². The average Bonchev–Trinajstić information content (AvgIpc) is 2.85. The van der Waals surface area contributed by atoms with Gasteiger partial charge < -0.3 is 5.32 Å². The summed E-state index contributed by atoms with van der Waals surface area (Å²) in [6, 6.07) is 18.1. The topological polar surface area (TPSA) is 29.1 Å². The Morgan fingerprint density at radius 1 is 0.857 bits per heavy atom. The van der Waals surface area contributed by atoms with Crippen LogP contribution < -0.4 is 5.32 Å². The van der Waals surface area contributed by atoms with Crippen LogP contribution in [0.5, 0.6) is 0 Å². The predicted octanol–water partition coefficient (Wildman–Crippen LogP) is 3.26. The van der Waals surface area contributed by atoms with Crippen LogP contribution in [-0.4, -0.2) is 21.8 Å². The molecule has 2 aromatic carbocycles. The fourth-order valence-corrected chi connectivity index (χ4v) is 4.83. The minimum atomic E-state index is -0.594. The lowest BCUT2D eigenvalue weighted by Crippen LogP contribution is -2.37. The van der Waals surface area contributed by atoms with E-state index in [1.807, 2.05) is 0 Å². The van der Waals surface area contributed by atoms with Crippen molar-refractivity contribution in [1.29, 1.82) is 0 Å². The highest BCUT2D eigenvalue weighted by Gasteiger charge is 2.30. The molecule has 0 bridgehead atoms. The first kappa shape index (κ1) is 13.2. The third-order valence-electron chi connectivity index (χ3n) is 4.62. The quantitative estimate of drug-likeness (QED) is 0.922. The normalized spacial score (nSPS) is 24.6. The molecule has 2 aliphatic rings. The van der Waals surface area contributed by atoms with Crippen LogP contribution in [0.4, 0.5) is 0 Å². The Morgan fingerprint density at radius 3 is 1.95 bits per heavy atom. The largest absolute Gasteiger partial charge is 0.303 e. The zero-order valence-corrected chi connectivity index (χ0v) is 12.7. The van der Waals surface area contributed by atoms with Crippen LogP contribution in [0.15, 0.2) is 48.5 Å². The lowest BCUT2D eigenvalue weighted by molar-refractivity contribution is 0.445. The Balaban J connectivity index is 1.67. The molecule has 4 rings (SSSR count). The third-order valence-corrected chi connectivity index (χ3v) is 6.01. The molecule has 1 heterocycles. The summed E-state index contributed by atoms with van der Waals surface area (Å²) in [5.41, 5.74) is 5.46. The molecule has 0 amide bonds. The van der Waals surface area contributed by atoms with E-state index in [0.717, 1.165) is 24.3 Å². The summed E-state index contributed by atoms with van der Waals surface area (Å²) in [6.45, 7) is 0. The summed E-state index contributed by atoms with van der Waals surface area (Å²) >= 11 is 0. The molecule has 1 N–H and O–H groups in total. The number of rotatable bonds is 2. The van der Waals surface area contributed by atoms with Crippen molar-refractivity contribution in [3.05, 3.63) is 59.7 Å². The van der Waals surface area contributed by atoms with Gasteiger partial charge in [-0.25, -0.2) is 0 Å². The van der Waals surface area contributed by atoms with E-state index in [9.17, 15) is 4.21 Å². The van der Waals surface area contributed by atoms with Gasteiger partial charge in [0.2, 0.25) is 0 Å². The molecule has 2 aromatic rings. The van der Waals surface area contributed by atoms with Gasteiger partial charge in [-0.2, -0.15) is 0 Å². The molecule has 3 heteroatoms. The van der Waals surface area contributed by atoms with E-state index >= 15 is 0 Å². The molecule has 1 aliphatic carbocycles. The van der Waals surface area contributed by atoms with Gasteiger partial charge in [-0.1, -0.05) is 48.5 Å². The molecular weight excluding hydrogens is 278 g/mol. The zero-order chi connectivity index (χ0) is 14.2. The van der Waals surface area contributed by atoms with Crippen LogP contribution in [0.3, 0.4) is 0 Å². The molecule has 108 valence electrons. The van der Waals surface area contributed by atoms with Crippen molar-refractivity contribution in [1.82, 2.24) is 5.32 Å². The first-order chi connectivity index (χ1) is 10.3. The highest BCUT2D eigenvalue weighted by Crippen LogP contribution is 2.43. The van der Waals surface area contributed by atoms with Crippen molar-refractivity contribution in [2.75, 3.05) is 11.5 Å². The highest BCUT2D eigenvalue weighted by molar-refractivity contribution is 7.85. The first-order valence-corrected chi connectivity index (χ1v) is 9.11. The molecule has 0 spiro atoms. The Hall–Kier alpha value is -1.45. The van der Waals surface area contributed by atoms with Gasteiger partial charge in [0.25, 0.3) is 0 Å².